The molecule has 1 amide bonds. The molecule has 0 bridgehead atoms. The number of rotatable bonds is 10. The summed E-state index contributed by atoms with van der Waals surface area (Å²) in [5.74, 6) is -0.281. The van der Waals surface area contributed by atoms with Gasteiger partial charge in [-0.05, 0) is 93.1 Å². The van der Waals surface area contributed by atoms with E-state index in [-0.39, 0.29) is 30.9 Å². The molecule has 0 aliphatic heterocycles. The molecule has 0 atom stereocenters. The van der Waals surface area contributed by atoms with Crippen molar-refractivity contribution in [2.24, 2.45) is 15.6 Å². The number of azo groups is 1. The van der Waals surface area contributed by atoms with E-state index >= 15 is 0 Å². The van der Waals surface area contributed by atoms with E-state index in [1.54, 1.807) is 48.5 Å². The molecule has 8 heteroatoms. The molecule has 182 valence electrons. The first-order valence-corrected chi connectivity index (χ1v) is 11.3. The molecular formula is C27H28FN3O4. The van der Waals surface area contributed by atoms with Crippen LogP contribution in [0.25, 0.3) is 0 Å². The molecule has 3 rings (SSSR count). The summed E-state index contributed by atoms with van der Waals surface area (Å²) in [6, 6.07) is 19.3. The van der Waals surface area contributed by atoms with Gasteiger partial charge in [-0.3, -0.25) is 9.59 Å². The number of carbonyl (C=O) groups excluding carboxylic acids is 2. The van der Waals surface area contributed by atoms with E-state index in [1.807, 2.05) is 20.8 Å². The second kappa shape index (κ2) is 11.9. The fraction of sp³-hybridized carbons (Fsp3) is 0.259. The van der Waals surface area contributed by atoms with Gasteiger partial charge in [-0.25, -0.2) is 4.39 Å². The van der Waals surface area contributed by atoms with Crippen LogP contribution in [0.1, 0.15) is 37.6 Å². The maximum atomic E-state index is 12.9. The maximum absolute atomic E-state index is 12.9. The number of nitrogens with one attached hydrogen (secondary N) is 1. The molecule has 0 spiro atoms. The summed E-state index contributed by atoms with van der Waals surface area (Å²) < 4.78 is 23.8. The number of hydrogen-bond acceptors (Lipinski definition) is 6. The average Bonchev–Trinajstić information content (AvgIpc) is 2.87. The van der Waals surface area contributed by atoms with Crippen molar-refractivity contribution in [2.45, 2.75) is 27.2 Å². The second-order valence-electron chi connectivity index (χ2n) is 8.42. The SMILES string of the molecule is CCC(C)(C)C(=O)OCCOc1ccc(C(=O)Nc2ccc(N=Nc3ccc(F)cc3)cc2)cc1. The van der Waals surface area contributed by atoms with Gasteiger partial charge in [0.2, 0.25) is 0 Å². The Balaban J connectivity index is 1.46. The van der Waals surface area contributed by atoms with Crippen molar-refractivity contribution in [3.63, 3.8) is 0 Å². The summed E-state index contributed by atoms with van der Waals surface area (Å²) in [6.07, 6.45) is 0.697. The average molecular weight is 478 g/mol. The lowest BCUT2D eigenvalue weighted by atomic mass is 9.91. The first kappa shape index (κ1) is 25.6. The minimum atomic E-state index is -0.510. The molecule has 3 aromatic carbocycles. The number of hydrogen-bond donors (Lipinski definition) is 1. The summed E-state index contributed by atoms with van der Waals surface area (Å²) in [7, 11) is 0. The quantitative estimate of drug-likeness (QED) is 0.196. The summed E-state index contributed by atoms with van der Waals surface area (Å²) >= 11 is 0. The number of esters is 1. The molecular weight excluding hydrogens is 449 g/mol. The van der Waals surface area contributed by atoms with Crippen molar-refractivity contribution in [3.05, 3.63) is 84.2 Å². The van der Waals surface area contributed by atoms with Gasteiger partial charge in [-0.1, -0.05) is 6.92 Å². The van der Waals surface area contributed by atoms with Crippen molar-refractivity contribution in [1.29, 1.82) is 0 Å². The van der Waals surface area contributed by atoms with Crippen LogP contribution in [0.2, 0.25) is 0 Å². The van der Waals surface area contributed by atoms with Gasteiger partial charge in [0.05, 0.1) is 16.8 Å². The minimum Gasteiger partial charge on any atom is -0.490 e. The zero-order valence-electron chi connectivity index (χ0n) is 20.0. The third-order valence-corrected chi connectivity index (χ3v) is 5.37. The van der Waals surface area contributed by atoms with E-state index in [0.29, 0.717) is 34.8 Å². The van der Waals surface area contributed by atoms with Gasteiger partial charge in [0, 0.05) is 11.3 Å². The van der Waals surface area contributed by atoms with Crippen LogP contribution in [0.15, 0.2) is 83.0 Å². The van der Waals surface area contributed by atoms with Crippen LogP contribution in [0, 0.1) is 11.2 Å². The normalized spacial score (nSPS) is 11.3. The molecule has 0 saturated heterocycles. The highest BCUT2D eigenvalue weighted by Gasteiger charge is 2.26. The molecule has 35 heavy (non-hydrogen) atoms. The summed E-state index contributed by atoms with van der Waals surface area (Å²) in [5.41, 5.74) is 1.69. The van der Waals surface area contributed by atoms with Crippen LogP contribution in [0.5, 0.6) is 5.75 Å². The van der Waals surface area contributed by atoms with Crippen LogP contribution in [0.4, 0.5) is 21.5 Å². The summed E-state index contributed by atoms with van der Waals surface area (Å²) in [4.78, 5) is 24.5. The van der Waals surface area contributed by atoms with E-state index in [9.17, 15) is 14.0 Å². The molecule has 1 N–H and O–H groups in total. The standard InChI is InChI=1S/C27H28FN3O4/c1-4-27(2,3)26(33)35-18-17-34-24-15-5-19(6-16-24)25(32)29-21-11-13-23(14-12-21)31-30-22-9-7-20(28)8-10-22/h5-16H,4,17-18H2,1-3H3,(H,29,32). The van der Waals surface area contributed by atoms with Crippen molar-refractivity contribution in [3.8, 4) is 5.75 Å². The number of nitrogens with zero attached hydrogens (tertiary/aromatic N) is 2. The molecule has 0 fully saturated rings. The highest BCUT2D eigenvalue weighted by molar-refractivity contribution is 6.04. The van der Waals surface area contributed by atoms with Crippen LogP contribution >= 0.6 is 0 Å². The second-order valence-corrected chi connectivity index (χ2v) is 8.42. The number of halogens is 1. The highest BCUT2D eigenvalue weighted by atomic mass is 19.1. The van der Waals surface area contributed by atoms with Crippen LogP contribution in [0.3, 0.4) is 0 Å². The Kier molecular flexibility index (Phi) is 8.67. The molecule has 0 saturated carbocycles. The predicted molar refractivity (Wildman–Crippen MR) is 132 cm³/mol. The molecule has 0 aliphatic carbocycles. The zero-order valence-corrected chi connectivity index (χ0v) is 20.0. The van der Waals surface area contributed by atoms with Gasteiger partial charge < -0.3 is 14.8 Å². The smallest absolute Gasteiger partial charge is 0.311 e. The number of carbonyl (C=O) groups is 2. The lowest BCUT2D eigenvalue weighted by Crippen LogP contribution is -2.27. The Morgan fingerprint density at radius 3 is 2.00 bits per heavy atom. The van der Waals surface area contributed by atoms with Gasteiger partial charge in [-0.15, -0.1) is 0 Å². The van der Waals surface area contributed by atoms with E-state index in [4.69, 9.17) is 9.47 Å². The highest BCUT2D eigenvalue weighted by Crippen LogP contribution is 2.22. The lowest BCUT2D eigenvalue weighted by molar-refractivity contribution is -0.154. The number of benzene rings is 3. The third kappa shape index (κ3) is 7.74. The van der Waals surface area contributed by atoms with Crippen LogP contribution in [-0.4, -0.2) is 25.1 Å². The van der Waals surface area contributed by atoms with Gasteiger partial charge in [0.15, 0.2) is 0 Å². The van der Waals surface area contributed by atoms with E-state index in [1.165, 1.54) is 24.3 Å². The first-order chi connectivity index (χ1) is 16.8. The largest absolute Gasteiger partial charge is 0.490 e. The number of anilines is 1. The number of amides is 1. The van der Waals surface area contributed by atoms with Crippen LogP contribution in [-0.2, 0) is 9.53 Å². The van der Waals surface area contributed by atoms with Crippen LogP contribution < -0.4 is 10.1 Å². The fourth-order valence-corrected chi connectivity index (χ4v) is 2.77. The topological polar surface area (TPSA) is 89.3 Å². The third-order valence-electron chi connectivity index (χ3n) is 5.37. The Morgan fingerprint density at radius 1 is 0.857 bits per heavy atom. The molecule has 0 radical (unpaired) electrons. The van der Waals surface area contributed by atoms with E-state index in [0.717, 1.165) is 0 Å². The van der Waals surface area contributed by atoms with Crippen molar-refractivity contribution < 1.29 is 23.5 Å². The van der Waals surface area contributed by atoms with Crippen molar-refractivity contribution in [1.82, 2.24) is 0 Å². The Labute approximate surface area is 204 Å². The lowest BCUT2D eigenvalue weighted by Gasteiger charge is -2.20. The van der Waals surface area contributed by atoms with E-state index < -0.39 is 5.41 Å². The van der Waals surface area contributed by atoms with Crippen molar-refractivity contribution in [2.75, 3.05) is 18.5 Å². The molecule has 3 aromatic rings. The number of ether oxygens (including phenoxy) is 2. The maximum Gasteiger partial charge on any atom is 0.311 e. The van der Waals surface area contributed by atoms with E-state index in [2.05, 4.69) is 15.5 Å². The Bertz CT molecular complexity index is 1160. The summed E-state index contributed by atoms with van der Waals surface area (Å²) in [6.45, 7) is 6.01. The first-order valence-electron chi connectivity index (χ1n) is 11.3. The van der Waals surface area contributed by atoms with Crippen molar-refractivity contribution >= 4 is 28.9 Å². The van der Waals surface area contributed by atoms with Gasteiger partial charge in [0.1, 0.15) is 24.8 Å². The fourth-order valence-electron chi connectivity index (χ4n) is 2.77. The molecule has 0 aliphatic rings. The molecule has 0 heterocycles. The Morgan fingerprint density at radius 2 is 1.43 bits per heavy atom. The zero-order chi connectivity index (χ0) is 25.3. The minimum absolute atomic E-state index is 0.157. The predicted octanol–water partition coefficient (Wildman–Crippen LogP) is 6.85. The van der Waals surface area contributed by atoms with Gasteiger partial charge >= 0.3 is 5.97 Å². The Hall–Kier alpha value is -4.07. The molecule has 0 unspecified atom stereocenters. The molecule has 7 nitrogen and oxygen atoms in total. The monoisotopic (exact) mass is 477 g/mol. The molecule has 0 aromatic heterocycles. The van der Waals surface area contributed by atoms with Gasteiger partial charge in [0.25, 0.3) is 5.91 Å². The van der Waals surface area contributed by atoms with Gasteiger partial charge in [-0.2, -0.15) is 10.2 Å². The summed E-state index contributed by atoms with van der Waals surface area (Å²) in [5, 5.41) is 11.0.